The van der Waals surface area contributed by atoms with Gasteiger partial charge in [0.15, 0.2) is 0 Å². The van der Waals surface area contributed by atoms with Crippen LogP contribution in [0.4, 0.5) is 0 Å². The number of nitrogens with zero attached hydrogens (tertiary/aromatic N) is 1. The van der Waals surface area contributed by atoms with Crippen molar-refractivity contribution in [1.82, 2.24) is 4.90 Å². The molecule has 0 aromatic heterocycles. The smallest absolute Gasteiger partial charge is 0.0931 e. The molecule has 0 amide bonds. The van der Waals surface area contributed by atoms with Gasteiger partial charge in [-0.15, -0.1) is 0 Å². The Morgan fingerprint density at radius 2 is 2.18 bits per heavy atom. The van der Waals surface area contributed by atoms with E-state index in [0.717, 1.165) is 24.6 Å². The van der Waals surface area contributed by atoms with Crippen molar-refractivity contribution in [2.24, 2.45) is 5.92 Å². The van der Waals surface area contributed by atoms with Gasteiger partial charge in [-0.3, -0.25) is 4.90 Å². The summed E-state index contributed by atoms with van der Waals surface area (Å²) < 4.78 is 0. The predicted molar refractivity (Wildman–Crippen MR) is 69.1 cm³/mol. The van der Waals surface area contributed by atoms with E-state index >= 15 is 0 Å². The Labute approximate surface area is 107 Å². The van der Waals surface area contributed by atoms with Gasteiger partial charge in [0.25, 0.3) is 0 Å². The van der Waals surface area contributed by atoms with Gasteiger partial charge in [-0.25, -0.2) is 0 Å². The third kappa shape index (κ3) is 2.22. The molecule has 17 heavy (non-hydrogen) atoms. The topological polar surface area (TPSA) is 23.5 Å². The van der Waals surface area contributed by atoms with Gasteiger partial charge in [0.2, 0.25) is 0 Å². The van der Waals surface area contributed by atoms with Crippen molar-refractivity contribution < 1.29 is 5.11 Å². The summed E-state index contributed by atoms with van der Waals surface area (Å²) in [7, 11) is 0. The van der Waals surface area contributed by atoms with Gasteiger partial charge < -0.3 is 5.11 Å². The van der Waals surface area contributed by atoms with Crippen LogP contribution >= 0.6 is 11.6 Å². The van der Waals surface area contributed by atoms with Gasteiger partial charge in [0, 0.05) is 29.7 Å². The summed E-state index contributed by atoms with van der Waals surface area (Å²) in [5.74, 6) is 0.874. The van der Waals surface area contributed by atoms with E-state index in [1.54, 1.807) is 0 Å². The molecule has 0 spiro atoms. The van der Waals surface area contributed by atoms with Crippen molar-refractivity contribution in [2.45, 2.75) is 31.4 Å². The van der Waals surface area contributed by atoms with Gasteiger partial charge in [0.05, 0.1) is 6.10 Å². The zero-order chi connectivity index (χ0) is 11.8. The van der Waals surface area contributed by atoms with Crippen LogP contribution in [0.15, 0.2) is 24.3 Å². The average molecular weight is 252 g/mol. The van der Waals surface area contributed by atoms with E-state index in [1.165, 1.54) is 19.3 Å². The number of benzene rings is 1. The molecular formula is C14H18ClNO. The number of halogens is 1. The first kappa shape index (κ1) is 11.5. The van der Waals surface area contributed by atoms with Crippen LogP contribution in [0.5, 0.6) is 0 Å². The lowest BCUT2D eigenvalue weighted by Gasteiger charge is -2.29. The molecule has 2 nitrogen and oxygen atoms in total. The lowest BCUT2D eigenvalue weighted by molar-refractivity contribution is 0.0947. The molecule has 3 unspecified atom stereocenters. The minimum Gasteiger partial charge on any atom is -0.387 e. The summed E-state index contributed by atoms with van der Waals surface area (Å²) in [6, 6.07) is 8.30. The number of piperidine rings is 1. The van der Waals surface area contributed by atoms with E-state index in [-0.39, 0.29) is 0 Å². The number of β-amino-alcohol motifs (C(OH)–C–C–N with tert-alkyl or cyclic N) is 1. The normalized spacial score (nSPS) is 29.8. The lowest BCUT2D eigenvalue weighted by Crippen LogP contribution is -2.35. The summed E-state index contributed by atoms with van der Waals surface area (Å²) >= 11 is 6.11. The van der Waals surface area contributed by atoms with E-state index in [2.05, 4.69) is 4.90 Å². The zero-order valence-corrected chi connectivity index (χ0v) is 10.6. The molecule has 1 saturated heterocycles. The molecule has 2 aliphatic rings. The molecule has 1 saturated carbocycles. The molecule has 1 N–H and O–H groups in total. The average Bonchev–Trinajstić information content (AvgIpc) is 2.91. The Hall–Kier alpha value is -0.570. The van der Waals surface area contributed by atoms with Gasteiger partial charge >= 0.3 is 0 Å². The van der Waals surface area contributed by atoms with Gasteiger partial charge in [-0.2, -0.15) is 0 Å². The van der Waals surface area contributed by atoms with E-state index in [9.17, 15) is 5.11 Å². The molecule has 3 atom stereocenters. The zero-order valence-electron chi connectivity index (χ0n) is 9.85. The maximum absolute atomic E-state index is 10.3. The fraction of sp³-hybridized carbons (Fsp3) is 0.571. The van der Waals surface area contributed by atoms with E-state index < -0.39 is 6.10 Å². The summed E-state index contributed by atoms with van der Waals surface area (Å²) in [6.45, 7) is 1.89. The van der Waals surface area contributed by atoms with Crippen molar-refractivity contribution in [2.75, 3.05) is 13.1 Å². The molecule has 1 aliphatic heterocycles. The Bertz CT molecular complexity index is 409. The number of fused-ring (bicyclic) bond motifs is 2. The van der Waals surface area contributed by atoms with E-state index in [4.69, 9.17) is 11.6 Å². The fourth-order valence-corrected chi connectivity index (χ4v) is 3.58. The number of hydrogen-bond donors (Lipinski definition) is 1. The maximum Gasteiger partial charge on any atom is 0.0931 e. The van der Waals surface area contributed by atoms with Gasteiger partial charge in [-0.05, 0) is 31.2 Å². The number of aliphatic hydroxyl groups excluding tert-OH is 1. The molecule has 0 radical (unpaired) electrons. The quantitative estimate of drug-likeness (QED) is 0.893. The number of likely N-dealkylation sites (tertiary alicyclic amines) is 1. The number of rotatable bonds is 3. The summed E-state index contributed by atoms with van der Waals surface area (Å²) in [4.78, 5) is 2.43. The predicted octanol–water partition coefficient (Wildman–Crippen LogP) is 2.86. The summed E-state index contributed by atoms with van der Waals surface area (Å²) in [6.07, 6.45) is 3.56. The Morgan fingerprint density at radius 3 is 2.82 bits per heavy atom. The van der Waals surface area contributed by atoms with Crippen molar-refractivity contribution in [3.63, 3.8) is 0 Å². The molecule has 2 fully saturated rings. The molecule has 2 bridgehead atoms. The molecule has 92 valence electrons. The number of aliphatic hydroxyl groups is 1. The first-order valence-electron chi connectivity index (χ1n) is 6.40. The highest BCUT2D eigenvalue weighted by atomic mass is 35.5. The molecule has 3 rings (SSSR count). The Morgan fingerprint density at radius 1 is 1.35 bits per heavy atom. The Balaban J connectivity index is 1.68. The monoisotopic (exact) mass is 251 g/mol. The third-order valence-corrected chi connectivity index (χ3v) is 4.54. The molecular weight excluding hydrogens is 234 g/mol. The van der Waals surface area contributed by atoms with Crippen LogP contribution in [0.3, 0.4) is 0 Å². The van der Waals surface area contributed by atoms with Gasteiger partial charge in [0.1, 0.15) is 0 Å². The summed E-state index contributed by atoms with van der Waals surface area (Å²) in [5.41, 5.74) is 0.858. The second-order valence-corrected chi connectivity index (χ2v) is 5.73. The molecule has 3 heteroatoms. The minimum absolute atomic E-state index is 0.456. The van der Waals surface area contributed by atoms with Crippen LogP contribution < -0.4 is 0 Å². The maximum atomic E-state index is 10.3. The molecule has 1 heterocycles. The van der Waals surface area contributed by atoms with Crippen LogP contribution in [0, 0.1) is 5.92 Å². The molecule has 1 aromatic rings. The van der Waals surface area contributed by atoms with Crippen molar-refractivity contribution in [3.8, 4) is 0 Å². The van der Waals surface area contributed by atoms with E-state index in [1.807, 2.05) is 24.3 Å². The summed E-state index contributed by atoms with van der Waals surface area (Å²) in [5, 5.41) is 10.9. The van der Waals surface area contributed by atoms with Crippen molar-refractivity contribution in [1.29, 1.82) is 0 Å². The fourth-order valence-electron chi connectivity index (χ4n) is 3.32. The van der Waals surface area contributed by atoms with Crippen LogP contribution in [0.1, 0.15) is 30.9 Å². The lowest BCUT2D eigenvalue weighted by atomic mass is 10.1. The molecule has 1 aromatic carbocycles. The Kier molecular flexibility index (Phi) is 3.12. The standard InChI is InChI=1S/C14H18ClNO/c15-13-4-2-1-3-12(13)14(17)9-16-8-10-5-6-11(16)7-10/h1-4,10-11,14,17H,5-9H2. The third-order valence-electron chi connectivity index (χ3n) is 4.19. The highest BCUT2D eigenvalue weighted by Crippen LogP contribution is 2.38. The minimum atomic E-state index is -0.456. The largest absolute Gasteiger partial charge is 0.387 e. The second-order valence-electron chi connectivity index (χ2n) is 5.32. The first-order valence-corrected chi connectivity index (χ1v) is 6.78. The number of hydrogen-bond acceptors (Lipinski definition) is 2. The van der Waals surface area contributed by atoms with Crippen molar-refractivity contribution in [3.05, 3.63) is 34.9 Å². The van der Waals surface area contributed by atoms with Gasteiger partial charge in [-0.1, -0.05) is 29.8 Å². The van der Waals surface area contributed by atoms with Crippen LogP contribution in [0.2, 0.25) is 5.02 Å². The molecule has 1 aliphatic carbocycles. The van der Waals surface area contributed by atoms with E-state index in [0.29, 0.717) is 11.1 Å². The first-order chi connectivity index (χ1) is 8.24. The van der Waals surface area contributed by atoms with Crippen LogP contribution in [-0.4, -0.2) is 29.1 Å². The SMILES string of the molecule is OC(CN1CC2CCC1C2)c1ccccc1Cl. The van der Waals surface area contributed by atoms with Crippen LogP contribution in [-0.2, 0) is 0 Å². The highest BCUT2D eigenvalue weighted by Gasteiger charge is 2.38. The van der Waals surface area contributed by atoms with Crippen molar-refractivity contribution >= 4 is 11.6 Å². The van der Waals surface area contributed by atoms with Crippen LogP contribution in [0.25, 0.3) is 0 Å². The second kappa shape index (κ2) is 4.60. The highest BCUT2D eigenvalue weighted by molar-refractivity contribution is 6.31.